The minimum Gasteiger partial charge on any atom is -0.489 e. The smallest absolute Gasteiger partial charge is 0.249 e. The Morgan fingerprint density at radius 1 is 0.960 bits per heavy atom. The van der Waals surface area contributed by atoms with E-state index >= 15 is 0 Å². The molecule has 1 heterocycles. The van der Waals surface area contributed by atoms with Gasteiger partial charge in [-0.2, -0.15) is 0 Å². The summed E-state index contributed by atoms with van der Waals surface area (Å²) in [5.41, 5.74) is 4.49. The zero-order valence-corrected chi connectivity index (χ0v) is 13.9. The van der Waals surface area contributed by atoms with E-state index in [2.05, 4.69) is 5.43 Å². The third-order valence-electron chi connectivity index (χ3n) is 4.96. The largest absolute Gasteiger partial charge is 0.489 e. The number of amides is 2. The number of nitrogens with one attached hydrogen (secondary N) is 1. The molecule has 0 spiro atoms. The van der Waals surface area contributed by atoms with Gasteiger partial charge >= 0.3 is 0 Å². The zero-order valence-electron chi connectivity index (χ0n) is 13.9. The molecule has 1 aliphatic carbocycles. The van der Waals surface area contributed by atoms with Crippen LogP contribution < -0.4 is 15.2 Å². The van der Waals surface area contributed by atoms with Gasteiger partial charge in [-0.3, -0.25) is 15.0 Å². The maximum Gasteiger partial charge on any atom is 0.249 e. The summed E-state index contributed by atoms with van der Waals surface area (Å²) in [7, 11) is 0. The van der Waals surface area contributed by atoms with Crippen molar-refractivity contribution in [3.05, 3.63) is 60.2 Å². The molecule has 0 bridgehead atoms. The first-order valence-electron chi connectivity index (χ1n) is 8.63. The molecule has 2 aromatic carbocycles. The van der Waals surface area contributed by atoms with E-state index in [1.165, 1.54) is 5.01 Å². The van der Waals surface area contributed by atoms with Crippen LogP contribution in [0.5, 0.6) is 5.75 Å². The van der Waals surface area contributed by atoms with Gasteiger partial charge in [-0.1, -0.05) is 36.8 Å². The van der Waals surface area contributed by atoms with Crippen LogP contribution in [0.4, 0.5) is 5.69 Å². The predicted molar refractivity (Wildman–Crippen MR) is 93.7 cm³/mol. The summed E-state index contributed by atoms with van der Waals surface area (Å²) in [5.74, 6) is 0.327. The molecule has 2 aliphatic rings. The number of carbonyl (C=O) groups is 2. The van der Waals surface area contributed by atoms with Crippen molar-refractivity contribution in [3.8, 4) is 5.75 Å². The molecule has 2 amide bonds. The summed E-state index contributed by atoms with van der Waals surface area (Å²) in [5, 5.41) is 1.38. The zero-order chi connectivity index (χ0) is 17.2. The fourth-order valence-electron chi connectivity index (χ4n) is 3.61. The highest BCUT2D eigenvalue weighted by Gasteiger charge is 2.45. The summed E-state index contributed by atoms with van der Waals surface area (Å²) in [6.07, 6.45) is 2.54. The number of fused-ring (bicyclic) bond motifs is 1. The van der Waals surface area contributed by atoms with Gasteiger partial charge in [0.1, 0.15) is 12.4 Å². The number of anilines is 1. The highest BCUT2D eigenvalue weighted by Crippen LogP contribution is 2.37. The van der Waals surface area contributed by atoms with Crippen LogP contribution >= 0.6 is 0 Å². The highest BCUT2D eigenvalue weighted by molar-refractivity contribution is 6.04. The van der Waals surface area contributed by atoms with Crippen molar-refractivity contribution in [1.82, 2.24) is 5.43 Å². The number of rotatable bonds is 4. The van der Waals surface area contributed by atoms with Crippen LogP contribution in [0.25, 0.3) is 0 Å². The van der Waals surface area contributed by atoms with E-state index in [0.29, 0.717) is 12.3 Å². The molecular weight excluding hydrogens is 316 g/mol. The summed E-state index contributed by atoms with van der Waals surface area (Å²) in [6.45, 7) is 0.489. The van der Waals surface area contributed by atoms with Crippen LogP contribution in [-0.2, 0) is 16.2 Å². The maximum atomic E-state index is 12.6. The second-order valence-corrected chi connectivity index (χ2v) is 6.56. The summed E-state index contributed by atoms with van der Waals surface area (Å²) >= 11 is 0. The van der Waals surface area contributed by atoms with Crippen LogP contribution in [0, 0.1) is 11.8 Å². The third-order valence-corrected chi connectivity index (χ3v) is 4.96. The average molecular weight is 336 g/mol. The second-order valence-electron chi connectivity index (χ2n) is 6.56. The molecule has 2 fully saturated rings. The Morgan fingerprint density at radius 2 is 1.68 bits per heavy atom. The Morgan fingerprint density at radius 3 is 2.44 bits per heavy atom. The van der Waals surface area contributed by atoms with E-state index in [0.717, 1.165) is 30.6 Å². The molecule has 0 unspecified atom stereocenters. The molecule has 5 heteroatoms. The molecule has 4 rings (SSSR count). The van der Waals surface area contributed by atoms with E-state index in [-0.39, 0.29) is 23.7 Å². The maximum absolute atomic E-state index is 12.6. The minimum absolute atomic E-state index is 0.0138. The van der Waals surface area contributed by atoms with Gasteiger partial charge in [0, 0.05) is 0 Å². The minimum atomic E-state index is -0.178. The van der Waals surface area contributed by atoms with Gasteiger partial charge in [0.2, 0.25) is 11.8 Å². The number of hydrogen-bond donors (Lipinski definition) is 1. The van der Waals surface area contributed by atoms with E-state index in [1.54, 1.807) is 12.1 Å². The summed E-state index contributed by atoms with van der Waals surface area (Å²) < 4.78 is 5.76. The van der Waals surface area contributed by atoms with Crippen molar-refractivity contribution in [2.24, 2.45) is 11.8 Å². The Hall–Kier alpha value is -2.82. The van der Waals surface area contributed by atoms with Crippen molar-refractivity contribution >= 4 is 17.5 Å². The second kappa shape index (κ2) is 6.59. The molecule has 0 radical (unpaired) electrons. The Labute approximate surface area is 146 Å². The van der Waals surface area contributed by atoms with Gasteiger partial charge in [-0.15, -0.1) is 0 Å². The van der Waals surface area contributed by atoms with Gasteiger partial charge in [0.25, 0.3) is 0 Å². The van der Waals surface area contributed by atoms with Crippen molar-refractivity contribution in [1.29, 1.82) is 0 Å². The van der Waals surface area contributed by atoms with E-state index in [4.69, 9.17) is 4.74 Å². The van der Waals surface area contributed by atoms with Crippen LogP contribution in [0.15, 0.2) is 54.6 Å². The predicted octanol–water partition coefficient (Wildman–Crippen LogP) is 3.06. The normalized spacial score (nSPS) is 22.5. The van der Waals surface area contributed by atoms with E-state index in [9.17, 15) is 9.59 Å². The lowest BCUT2D eigenvalue weighted by Gasteiger charge is -2.34. The van der Waals surface area contributed by atoms with Gasteiger partial charge in [-0.05, 0) is 42.7 Å². The Balaban J connectivity index is 1.45. The van der Waals surface area contributed by atoms with Crippen molar-refractivity contribution in [2.75, 3.05) is 5.01 Å². The van der Waals surface area contributed by atoms with Gasteiger partial charge in [0.15, 0.2) is 0 Å². The first kappa shape index (κ1) is 15.7. The van der Waals surface area contributed by atoms with E-state index < -0.39 is 0 Å². The Bertz CT molecular complexity index is 773. The molecule has 1 saturated heterocycles. The van der Waals surface area contributed by atoms with Crippen LogP contribution in [-0.4, -0.2) is 11.8 Å². The van der Waals surface area contributed by atoms with Crippen LogP contribution in [0.2, 0.25) is 0 Å². The summed E-state index contributed by atoms with van der Waals surface area (Å²) in [6, 6.07) is 17.2. The fourth-order valence-corrected chi connectivity index (χ4v) is 3.61. The molecule has 2 atom stereocenters. The molecule has 0 aromatic heterocycles. The fraction of sp³-hybridized carbons (Fsp3) is 0.300. The molecule has 128 valence electrons. The molecular formula is C20H20N2O3. The van der Waals surface area contributed by atoms with E-state index in [1.807, 2.05) is 42.5 Å². The lowest BCUT2D eigenvalue weighted by Crippen LogP contribution is -2.57. The molecule has 25 heavy (non-hydrogen) atoms. The van der Waals surface area contributed by atoms with Gasteiger partial charge in [0.05, 0.1) is 17.5 Å². The number of carbonyl (C=O) groups excluding carboxylic acids is 2. The quantitative estimate of drug-likeness (QED) is 0.933. The number of hydrazine groups is 1. The molecule has 1 aliphatic heterocycles. The topological polar surface area (TPSA) is 58.6 Å². The monoisotopic (exact) mass is 336 g/mol. The highest BCUT2D eigenvalue weighted by atomic mass is 16.5. The molecule has 2 aromatic rings. The number of hydrogen-bond acceptors (Lipinski definition) is 3. The lowest BCUT2D eigenvalue weighted by atomic mass is 9.92. The molecule has 1 saturated carbocycles. The SMILES string of the molecule is O=C1NN(c2ccc(OCc3ccccc3)cc2)C(=O)[C@@H]2CCC[C@H]12. The van der Waals surface area contributed by atoms with Crippen molar-refractivity contribution in [3.63, 3.8) is 0 Å². The molecule has 1 N–H and O–H groups in total. The van der Waals surface area contributed by atoms with Crippen molar-refractivity contribution < 1.29 is 14.3 Å². The number of ether oxygens (including phenoxy) is 1. The lowest BCUT2D eigenvalue weighted by molar-refractivity contribution is -0.138. The summed E-state index contributed by atoms with van der Waals surface area (Å²) in [4.78, 5) is 24.8. The number of nitrogens with zero attached hydrogens (tertiary/aromatic N) is 1. The molecule has 5 nitrogen and oxygen atoms in total. The van der Waals surface area contributed by atoms with Crippen LogP contribution in [0.3, 0.4) is 0 Å². The van der Waals surface area contributed by atoms with Gasteiger partial charge < -0.3 is 4.74 Å². The number of benzene rings is 2. The first-order valence-corrected chi connectivity index (χ1v) is 8.63. The Kier molecular flexibility index (Phi) is 4.14. The van der Waals surface area contributed by atoms with Crippen molar-refractivity contribution in [2.45, 2.75) is 25.9 Å². The van der Waals surface area contributed by atoms with Crippen LogP contribution in [0.1, 0.15) is 24.8 Å². The third kappa shape index (κ3) is 3.09. The van der Waals surface area contributed by atoms with Gasteiger partial charge in [-0.25, -0.2) is 5.01 Å². The first-order chi connectivity index (χ1) is 12.2. The standard InChI is InChI=1S/C20H20N2O3/c23-19-17-7-4-8-18(17)20(24)22(21-19)15-9-11-16(12-10-15)25-13-14-5-2-1-3-6-14/h1-3,5-6,9-12,17-18H,4,7-8,13H2,(H,21,23)/t17-,18+/m0/s1. The average Bonchev–Trinajstić information content (AvgIpc) is 3.15.